The maximum Gasteiger partial charge on any atom is 0.407 e. The predicted molar refractivity (Wildman–Crippen MR) is 85.6 cm³/mol. The van der Waals surface area contributed by atoms with E-state index in [2.05, 4.69) is 15.7 Å². The summed E-state index contributed by atoms with van der Waals surface area (Å²) in [5.41, 5.74) is -0.443. The molecule has 1 aliphatic carbocycles. The molecule has 6 nitrogen and oxygen atoms in total. The summed E-state index contributed by atoms with van der Waals surface area (Å²) in [6, 6.07) is 2.40. The van der Waals surface area contributed by atoms with Gasteiger partial charge < -0.3 is 15.4 Å². The number of nitrogens with zero attached hydrogens (tertiary/aromatic N) is 2. The van der Waals surface area contributed by atoms with Gasteiger partial charge in [0.2, 0.25) is 0 Å². The van der Waals surface area contributed by atoms with Crippen molar-refractivity contribution >= 4 is 6.09 Å². The Morgan fingerprint density at radius 3 is 2.91 bits per heavy atom. The summed E-state index contributed by atoms with van der Waals surface area (Å²) >= 11 is 0. The summed E-state index contributed by atoms with van der Waals surface area (Å²) in [6.45, 7) is 8.07. The van der Waals surface area contributed by atoms with Crippen molar-refractivity contribution in [2.75, 3.05) is 13.1 Å². The molecule has 1 aromatic heterocycles. The topological polar surface area (TPSA) is 68.2 Å². The number of carbonyl (C=O) groups excluding carboxylic acids is 1. The summed E-state index contributed by atoms with van der Waals surface area (Å²) in [6.07, 6.45) is 6.96. The van der Waals surface area contributed by atoms with Gasteiger partial charge in [-0.25, -0.2) is 4.79 Å². The van der Waals surface area contributed by atoms with Crippen LogP contribution in [0.25, 0.3) is 0 Å². The standard InChI is InChI=1S/C16H28N4O2/c1-16(2,3)22-15(21)18-12-13-6-4-7-14(13)17-9-11-20-10-5-8-19-20/h5,8,10,13-14,17H,4,6-7,9,11-12H2,1-3H3,(H,18,21). The average Bonchev–Trinajstić information content (AvgIpc) is 3.06. The molecule has 1 fully saturated rings. The maximum atomic E-state index is 11.7. The molecular weight excluding hydrogens is 280 g/mol. The van der Waals surface area contributed by atoms with Gasteiger partial charge in [-0.2, -0.15) is 5.10 Å². The smallest absolute Gasteiger partial charge is 0.407 e. The molecule has 1 amide bonds. The minimum atomic E-state index is -0.443. The van der Waals surface area contributed by atoms with Gasteiger partial charge in [-0.15, -0.1) is 0 Å². The van der Waals surface area contributed by atoms with Gasteiger partial charge in [0, 0.05) is 31.5 Å². The van der Waals surface area contributed by atoms with Crippen LogP contribution in [0.4, 0.5) is 4.79 Å². The van der Waals surface area contributed by atoms with E-state index in [1.807, 2.05) is 37.7 Å². The van der Waals surface area contributed by atoms with Crippen LogP contribution >= 0.6 is 0 Å². The highest BCUT2D eigenvalue weighted by atomic mass is 16.6. The Bertz CT molecular complexity index is 453. The van der Waals surface area contributed by atoms with Crippen molar-refractivity contribution in [3.63, 3.8) is 0 Å². The fraction of sp³-hybridized carbons (Fsp3) is 0.750. The highest BCUT2D eigenvalue weighted by Crippen LogP contribution is 2.25. The van der Waals surface area contributed by atoms with Crippen molar-refractivity contribution < 1.29 is 9.53 Å². The molecular formula is C16H28N4O2. The first-order chi connectivity index (χ1) is 10.4. The molecule has 1 aromatic rings. The van der Waals surface area contributed by atoms with E-state index < -0.39 is 5.60 Å². The highest BCUT2D eigenvalue weighted by molar-refractivity contribution is 5.67. The average molecular weight is 308 g/mol. The molecule has 1 aliphatic rings. The van der Waals surface area contributed by atoms with Gasteiger partial charge in [0.05, 0.1) is 6.54 Å². The second-order valence-electron chi connectivity index (χ2n) is 6.90. The van der Waals surface area contributed by atoms with Crippen molar-refractivity contribution in [2.24, 2.45) is 5.92 Å². The van der Waals surface area contributed by atoms with Crippen LogP contribution in [-0.4, -0.2) is 40.6 Å². The number of aromatic nitrogens is 2. The van der Waals surface area contributed by atoms with Gasteiger partial charge >= 0.3 is 6.09 Å². The Kier molecular flexibility index (Phi) is 5.83. The maximum absolute atomic E-state index is 11.7. The van der Waals surface area contributed by atoms with Crippen LogP contribution in [0.1, 0.15) is 40.0 Å². The summed E-state index contributed by atoms with van der Waals surface area (Å²) in [7, 11) is 0. The Morgan fingerprint density at radius 2 is 2.23 bits per heavy atom. The molecule has 22 heavy (non-hydrogen) atoms. The van der Waals surface area contributed by atoms with E-state index in [1.54, 1.807) is 6.20 Å². The lowest BCUT2D eigenvalue weighted by Gasteiger charge is -2.23. The number of hydrogen-bond acceptors (Lipinski definition) is 4. The molecule has 0 aliphatic heterocycles. The Morgan fingerprint density at radius 1 is 1.41 bits per heavy atom. The molecule has 0 aromatic carbocycles. The van der Waals surface area contributed by atoms with Gasteiger partial charge in [-0.3, -0.25) is 4.68 Å². The van der Waals surface area contributed by atoms with Crippen molar-refractivity contribution in [1.29, 1.82) is 0 Å². The zero-order valence-electron chi connectivity index (χ0n) is 13.8. The Labute approximate surface area is 132 Å². The first-order valence-corrected chi connectivity index (χ1v) is 8.12. The SMILES string of the molecule is CC(C)(C)OC(=O)NCC1CCCC1NCCn1cccn1. The molecule has 2 unspecified atom stereocenters. The van der Waals surface area contributed by atoms with Gasteiger partial charge in [0.1, 0.15) is 5.60 Å². The van der Waals surface area contributed by atoms with E-state index >= 15 is 0 Å². The molecule has 0 saturated heterocycles. The molecule has 0 bridgehead atoms. The van der Waals surface area contributed by atoms with Crippen LogP contribution in [0.3, 0.4) is 0 Å². The second kappa shape index (κ2) is 7.63. The summed E-state index contributed by atoms with van der Waals surface area (Å²) in [5, 5.41) is 10.7. The van der Waals surface area contributed by atoms with Gasteiger partial charge in [0.25, 0.3) is 0 Å². The molecule has 6 heteroatoms. The molecule has 2 rings (SSSR count). The third kappa shape index (κ3) is 5.67. The molecule has 124 valence electrons. The van der Waals surface area contributed by atoms with Crippen LogP contribution in [0.5, 0.6) is 0 Å². The van der Waals surface area contributed by atoms with Crippen LogP contribution in [0, 0.1) is 5.92 Å². The summed E-state index contributed by atoms with van der Waals surface area (Å²) in [4.78, 5) is 11.7. The van der Waals surface area contributed by atoms with Crippen LogP contribution in [-0.2, 0) is 11.3 Å². The van der Waals surface area contributed by atoms with Crippen molar-refractivity contribution in [3.8, 4) is 0 Å². The third-order valence-corrected chi connectivity index (χ3v) is 3.87. The van der Waals surface area contributed by atoms with E-state index in [0.717, 1.165) is 19.5 Å². The zero-order valence-corrected chi connectivity index (χ0v) is 13.8. The number of nitrogens with one attached hydrogen (secondary N) is 2. The summed E-state index contributed by atoms with van der Waals surface area (Å²) in [5.74, 6) is 0.477. The summed E-state index contributed by atoms with van der Waals surface area (Å²) < 4.78 is 7.21. The molecule has 1 heterocycles. The predicted octanol–water partition coefficient (Wildman–Crippen LogP) is 2.17. The first-order valence-electron chi connectivity index (χ1n) is 8.12. The largest absolute Gasteiger partial charge is 0.444 e. The zero-order chi connectivity index (χ0) is 16.0. The Hall–Kier alpha value is -1.56. The number of hydrogen-bond donors (Lipinski definition) is 2. The lowest BCUT2D eigenvalue weighted by molar-refractivity contribution is 0.0517. The van der Waals surface area contributed by atoms with E-state index in [0.29, 0.717) is 18.5 Å². The fourth-order valence-corrected chi connectivity index (χ4v) is 2.88. The quantitative estimate of drug-likeness (QED) is 0.845. The van der Waals surface area contributed by atoms with E-state index in [1.165, 1.54) is 12.8 Å². The van der Waals surface area contributed by atoms with Crippen LogP contribution in [0.15, 0.2) is 18.5 Å². The van der Waals surface area contributed by atoms with Crippen molar-refractivity contribution in [2.45, 2.75) is 58.2 Å². The fourth-order valence-electron chi connectivity index (χ4n) is 2.88. The lowest BCUT2D eigenvalue weighted by Crippen LogP contribution is -2.41. The van der Waals surface area contributed by atoms with E-state index in [4.69, 9.17) is 4.74 Å². The minimum absolute atomic E-state index is 0.324. The Balaban J connectivity index is 1.68. The monoisotopic (exact) mass is 308 g/mol. The van der Waals surface area contributed by atoms with Gasteiger partial charge in [-0.05, 0) is 45.6 Å². The number of rotatable bonds is 6. The van der Waals surface area contributed by atoms with Crippen molar-refractivity contribution in [1.82, 2.24) is 20.4 Å². The van der Waals surface area contributed by atoms with E-state index in [9.17, 15) is 4.79 Å². The van der Waals surface area contributed by atoms with E-state index in [-0.39, 0.29) is 6.09 Å². The lowest BCUT2D eigenvalue weighted by atomic mass is 10.0. The number of carbonyl (C=O) groups is 1. The van der Waals surface area contributed by atoms with Crippen molar-refractivity contribution in [3.05, 3.63) is 18.5 Å². The van der Waals surface area contributed by atoms with Crippen LogP contribution < -0.4 is 10.6 Å². The normalized spacial score (nSPS) is 21.8. The highest BCUT2D eigenvalue weighted by Gasteiger charge is 2.27. The molecule has 0 radical (unpaired) electrons. The second-order valence-corrected chi connectivity index (χ2v) is 6.90. The number of amides is 1. The minimum Gasteiger partial charge on any atom is -0.444 e. The number of alkyl carbamates (subject to hydrolysis) is 1. The molecule has 0 spiro atoms. The first kappa shape index (κ1) is 16.8. The van der Waals surface area contributed by atoms with Crippen LogP contribution in [0.2, 0.25) is 0 Å². The molecule has 2 atom stereocenters. The van der Waals surface area contributed by atoms with Gasteiger partial charge in [-0.1, -0.05) is 6.42 Å². The third-order valence-electron chi connectivity index (χ3n) is 3.87. The van der Waals surface area contributed by atoms with Gasteiger partial charge in [0.15, 0.2) is 0 Å². The molecule has 1 saturated carbocycles. The number of ether oxygens (including phenoxy) is 1. The molecule has 2 N–H and O–H groups in total.